The van der Waals surface area contributed by atoms with Crippen molar-refractivity contribution in [1.82, 2.24) is 0 Å². The lowest BCUT2D eigenvalue weighted by Crippen LogP contribution is -2.25. The van der Waals surface area contributed by atoms with Gasteiger partial charge in [-0.25, -0.2) is 8.78 Å². The molecule has 1 aromatic carbocycles. The van der Waals surface area contributed by atoms with Gasteiger partial charge in [0.2, 0.25) is 0 Å². The maximum absolute atomic E-state index is 13.1. The molecule has 1 saturated carbocycles. The Morgan fingerprint density at radius 3 is 2.74 bits per heavy atom. The van der Waals surface area contributed by atoms with Crippen LogP contribution in [0, 0.1) is 11.8 Å². The Morgan fingerprint density at radius 2 is 2.05 bits per heavy atom. The summed E-state index contributed by atoms with van der Waals surface area (Å²) in [6.45, 7) is 1.42. The molecule has 3 rings (SSSR count). The molecular formula is C14H18F2N2O. The van der Waals surface area contributed by atoms with E-state index < -0.39 is 6.43 Å². The lowest BCUT2D eigenvalue weighted by atomic mass is 10.00. The predicted octanol–water partition coefficient (Wildman–Crippen LogP) is 2.41. The fourth-order valence-electron chi connectivity index (χ4n) is 3.47. The van der Waals surface area contributed by atoms with Gasteiger partial charge in [-0.3, -0.25) is 0 Å². The van der Waals surface area contributed by atoms with Gasteiger partial charge < -0.3 is 15.7 Å². The van der Waals surface area contributed by atoms with Gasteiger partial charge in [-0.2, -0.15) is 0 Å². The number of hydrogen-bond acceptors (Lipinski definition) is 3. The summed E-state index contributed by atoms with van der Waals surface area (Å²) < 4.78 is 26.2. The molecule has 2 aliphatic rings. The molecule has 1 saturated heterocycles. The molecule has 5 heteroatoms. The molecule has 3 nitrogen and oxygen atoms in total. The molecule has 1 aliphatic heterocycles. The number of halogens is 2. The van der Waals surface area contributed by atoms with Crippen molar-refractivity contribution < 1.29 is 13.9 Å². The second kappa shape index (κ2) is 4.63. The molecule has 0 radical (unpaired) electrons. The Kier molecular flexibility index (Phi) is 3.09. The Morgan fingerprint density at radius 1 is 1.26 bits per heavy atom. The van der Waals surface area contributed by atoms with Gasteiger partial charge in [-0.05, 0) is 37.0 Å². The third-order valence-electron chi connectivity index (χ3n) is 4.45. The highest BCUT2D eigenvalue weighted by molar-refractivity contribution is 5.61. The van der Waals surface area contributed by atoms with Gasteiger partial charge in [-0.15, -0.1) is 0 Å². The smallest absolute Gasteiger partial charge is 0.265 e. The minimum Gasteiger partial charge on any atom is -0.399 e. The first-order chi connectivity index (χ1) is 9.06. The molecule has 19 heavy (non-hydrogen) atoms. The van der Waals surface area contributed by atoms with Crippen LogP contribution in [0.5, 0.6) is 0 Å². The molecule has 3 unspecified atom stereocenters. The van der Waals surface area contributed by atoms with E-state index in [9.17, 15) is 13.9 Å². The molecule has 0 bridgehead atoms. The van der Waals surface area contributed by atoms with E-state index in [2.05, 4.69) is 0 Å². The number of benzene rings is 1. The van der Waals surface area contributed by atoms with E-state index in [-0.39, 0.29) is 17.6 Å². The van der Waals surface area contributed by atoms with E-state index in [1.54, 1.807) is 12.1 Å². The third kappa shape index (κ3) is 2.16. The first kappa shape index (κ1) is 12.7. The molecule has 1 aromatic rings. The van der Waals surface area contributed by atoms with Crippen molar-refractivity contribution >= 4 is 11.4 Å². The summed E-state index contributed by atoms with van der Waals surface area (Å²) in [5, 5.41) is 9.89. The first-order valence-electron chi connectivity index (χ1n) is 6.67. The maximum atomic E-state index is 13.1. The average molecular weight is 268 g/mol. The van der Waals surface area contributed by atoms with Gasteiger partial charge >= 0.3 is 0 Å². The number of nitrogens with two attached hydrogens (primary N) is 1. The van der Waals surface area contributed by atoms with E-state index in [1.165, 1.54) is 6.07 Å². The topological polar surface area (TPSA) is 49.5 Å². The lowest BCUT2D eigenvalue weighted by molar-refractivity contribution is 0.133. The lowest BCUT2D eigenvalue weighted by Gasteiger charge is -2.23. The molecular weight excluding hydrogens is 250 g/mol. The van der Waals surface area contributed by atoms with Crippen molar-refractivity contribution in [2.24, 2.45) is 11.8 Å². The van der Waals surface area contributed by atoms with Gasteiger partial charge in [0, 0.05) is 35.9 Å². The van der Waals surface area contributed by atoms with Crippen LogP contribution < -0.4 is 10.6 Å². The van der Waals surface area contributed by atoms with Gasteiger partial charge in [0.15, 0.2) is 0 Å². The maximum Gasteiger partial charge on any atom is 0.265 e. The molecule has 3 N–H and O–H groups in total. The fraction of sp³-hybridized carbons (Fsp3) is 0.571. The van der Waals surface area contributed by atoms with Gasteiger partial charge in [0.1, 0.15) is 0 Å². The number of alkyl halides is 2. The van der Waals surface area contributed by atoms with Crippen LogP contribution in [0.4, 0.5) is 20.2 Å². The van der Waals surface area contributed by atoms with Crippen molar-refractivity contribution in [3.05, 3.63) is 23.8 Å². The van der Waals surface area contributed by atoms with E-state index in [0.29, 0.717) is 23.8 Å². The first-order valence-corrected chi connectivity index (χ1v) is 6.67. The fourth-order valence-corrected chi connectivity index (χ4v) is 3.47. The Hall–Kier alpha value is -1.36. The summed E-state index contributed by atoms with van der Waals surface area (Å²) in [6.07, 6.45) is -0.976. The number of aliphatic hydroxyl groups is 1. The number of anilines is 2. The van der Waals surface area contributed by atoms with Gasteiger partial charge in [-0.1, -0.05) is 0 Å². The van der Waals surface area contributed by atoms with Crippen molar-refractivity contribution in [2.75, 3.05) is 23.7 Å². The van der Waals surface area contributed by atoms with E-state index in [1.807, 2.05) is 4.90 Å². The largest absolute Gasteiger partial charge is 0.399 e. The van der Waals surface area contributed by atoms with E-state index in [0.717, 1.165) is 19.4 Å². The van der Waals surface area contributed by atoms with Gasteiger partial charge in [0.05, 0.1) is 6.10 Å². The summed E-state index contributed by atoms with van der Waals surface area (Å²) in [5.74, 6) is 0.654. The highest BCUT2D eigenvalue weighted by atomic mass is 19.3. The van der Waals surface area contributed by atoms with Crippen LogP contribution >= 0.6 is 0 Å². The highest BCUT2D eigenvalue weighted by Crippen LogP contribution is 2.42. The SMILES string of the molecule is Nc1ccc(N2CC3CCC(O)C3C2)c(C(F)F)c1. The zero-order chi connectivity index (χ0) is 13.6. The zero-order valence-electron chi connectivity index (χ0n) is 10.6. The summed E-state index contributed by atoms with van der Waals surface area (Å²) in [4.78, 5) is 1.97. The quantitative estimate of drug-likeness (QED) is 0.810. The zero-order valence-corrected chi connectivity index (χ0v) is 10.6. The molecule has 3 atom stereocenters. The van der Waals surface area contributed by atoms with Crippen LogP contribution in [0.15, 0.2) is 18.2 Å². The van der Waals surface area contributed by atoms with E-state index >= 15 is 0 Å². The van der Waals surface area contributed by atoms with Crippen LogP contribution in [0.2, 0.25) is 0 Å². The normalized spacial score (nSPS) is 30.1. The monoisotopic (exact) mass is 268 g/mol. The number of nitrogens with zero attached hydrogens (tertiary/aromatic N) is 1. The summed E-state index contributed by atoms with van der Waals surface area (Å²) in [6, 6.07) is 4.68. The molecule has 1 aliphatic carbocycles. The molecule has 1 heterocycles. The molecule has 0 amide bonds. The van der Waals surface area contributed by atoms with Crippen LogP contribution in [-0.2, 0) is 0 Å². The van der Waals surface area contributed by atoms with Crippen LogP contribution in [0.3, 0.4) is 0 Å². The highest BCUT2D eigenvalue weighted by Gasteiger charge is 2.42. The summed E-state index contributed by atoms with van der Waals surface area (Å²) in [7, 11) is 0. The number of nitrogen functional groups attached to an aromatic ring is 1. The van der Waals surface area contributed by atoms with Crippen molar-refractivity contribution in [3.8, 4) is 0 Å². The van der Waals surface area contributed by atoms with Crippen LogP contribution in [-0.4, -0.2) is 24.3 Å². The average Bonchev–Trinajstić information content (AvgIpc) is 2.92. The number of fused-ring (bicyclic) bond motifs is 1. The molecule has 0 aromatic heterocycles. The van der Waals surface area contributed by atoms with Crippen LogP contribution in [0.1, 0.15) is 24.8 Å². The van der Waals surface area contributed by atoms with Gasteiger partial charge in [0.25, 0.3) is 6.43 Å². The Labute approximate surface area is 111 Å². The number of hydrogen-bond donors (Lipinski definition) is 2. The predicted molar refractivity (Wildman–Crippen MR) is 70.2 cm³/mol. The minimum atomic E-state index is -2.52. The van der Waals surface area contributed by atoms with Crippen LogP contribution in [0.25, 0.3) is 0 Å². The Bertz CT molecular complexity index is 481. The number of rotatable bonds is 2. The van der Waals surface area contributed by atoms with Crippen molar-refractivity contribution in [3.63, 3.8) is 0 Å². The molecule has 0 spiro atoms. The van der Waals surface area contributed by atoms with Crippen molar-refractivity contribution in [2.45, 2.75) is 25.4 Å². The standard InChI is InChI=1S/C14H18F2N2O/c15-14(16)10-5-9(17)2-3-12(10)18-6-8-1-4-13(19)11(8)7-18/h2-3,5,8,11,13-14,19H,1,4,6-7,17H2. The number of aliphatic hydroxyl groups excluding tert-OH is 1. The summed E-state index contributed by atoms with van der Waals surface area (Å²) >= 11 is 0. The minimum absolute atomic E-state index is 0.00513. The second-order valence-electron chi connectivity index (χ2n) is 5.59. The summed E-state index contributed by atoms with van der Waals surface area (Å²) in [5.41, 5.74) is 6.50. The van der Waals surface area contributed by atoms with E-state index in [4.69, 9.17) is 5.73 Å². The molecule has 104 valence electrons. The molecule has 2 fully saturated rings. The second-order valence-corrected chi connectivity index (χ2v) is 5.59. The third-order valence-corrected chi connectivity index (χ3v) is 4.45. The Balaban J connectivity index is 1.88. The van der Waals surface area contributed by atoms with Crippen molar-refractivity contribution in [1.29, 1.82) is 0 Å².